The van der Waals surface area contributed by atoms with Gasteiger partial charge in [0.1, 0.15) is 0 Å². The number of morpholine rings is 1. The van der Waals surface area contributed by atoms with Crippen LogP contribution in [0.3, 0.4) is 0 Å². The molecule has 1 aliphatic heterocycles. The largest absolute Gasteiger partial charge is 0.385 e. The van der Waals surface area contributed by atoms with Crippen LogP contribution in [-0.2, 0) is 9.47 Å². The van der Waals surface area contributed by atoms with E-state index in [9.17, 15) is 0 Å². The molecule has 3 nitrogen and oxygen atoms in total. The maximum atomic E-state index is 5.89. The summed E-state index contributed by atoms with van der Waals surface area (Å²) in [5, 5.41) is 3.41. The second-order valence-electron chi connectivity index (χ2n) is 4.01. The molecule has 1 aliphatic rings. The first-order valence-corrected chi connectivity index (χ1v) is 5.66. The van der Waals surface area contributed by atoms with Crippen molar-refractivity contribution < 1.29 is 9.47 Å². The molecule has 1 rings (SSSR count). The summed E-state index contributed by atoms with van der Waals surface area (Å²) in [5.41, 5.74) is 0.103. The molecule has 0 amide bonds. The smallest absolute Gasteiger partial charge is 0.0804 e. The number of methoxy groups -OCH3 is 1. The first kappa shape index (κ1) is 12.0. The van der Waals surface area contributed by atoms with Crippen molar-refractivity contribution in [2.45, 2.75) is 38.2 Å². The molecule has 1 unspecified atom stereocenters. The monoisotopic (exact) mass is 201 g/mol. The minimum atomic E-state index is 0.103. The molecular formula is C11H23NO2. The Morgan fingerprint density at radius 3 is 2.86 bits per heavy atom. The van der Waals surface area contributed by atoms with Crippen LogP contribution in [0, 0.1) is 0 Å². The first-order valence-electron chi connectivity index (χ1n) is 5.66. The summed E-state index contributed by atoms with van der Waals surface area (Å²) in [7, 11) is 1.76. The number of nitrogens with one attached hydrogen (secondary N) is 1. The zero-order valence-corrected chi connectivity index (χ0v) is 9.47. The van der Waals surface area contributed by atoms with Gasteiger partial charge in [0.05, 0.1) is 12.2 Å². The van der Waals surface area contributed by atoms with Gasteiger partial charge < -0.3 is 14.8 Å². The fourth-order valence-electron chi connectivity index (χ4n) is 1.96. The lowest BCUT2D eigenvalue weighted by Crippen LogP contribution is -2.49. The summed E-state index contributed by atoms with van der Waals surface area (Å²) in [4.78, 5) is 0. The van der Waals surface area contributed by atoms with E-state index in [1.165, 1.54) is 6.42 Å². The minimum Gasteiger partial charge on any atom is -0.385 e. The van der Waals surface area contributed by atoms with Crippen LogP contribution in [0.4, 0.5) is 0 Å². The third-order valence-corrected chi connectivity index (χ3v) is 3.01. The van der Waals surface area contributed by atoms with Gasteiger partial charge in [-0.3, -0.25) is 0 Å². The molecule has 0 aromatic carbocycles. The lowest BCUT2D eigenvalue weighted by atomic mass is 9.92. The number of rotatable bonds is 6. The van der Waals surface area contributed by atoms with E-state index in [0.717, 1.165) is 45.6 Å². The van der Waals surface area contributed by atoms with Crippen molar-refractivity contribution >= 4 is 0 Å². The fraction of sp³-hybridized carbons (Fsp3) is 1.00. The van der Waals surface area contributed by atoms with Crippen LogP contribution in [-0.4, -0.2) is 39.0 Å². The minimum absolute atomic E-state index is 0.103. The molecule has 1 fully saturated rings. The van der Waals surface area contributed by atoms with Gasteiger partial charge in [-0.05, 0) is 25.7 Å². The highest BCUT2D eigenvalue weighted by Crippen LogP contribution is 2.24. The SMILES string of the molecule is CCC1(CCCCOC)CNCCO1. The molecule has 1 saturated heterocycles. The van der Waals surface area contributed by atoms with Crippen molar-refractivity contribution in [2.24, 2.45) is 0 Å². The van der Waals surface area contributed by atoms with Gasteiger partial charge in [-0.2, -0.15) is 0 Å². The summed E-state index contributed by atoms with van der Waals surface area (Å²) in [5.74, 6) is 0. The molecule has 0 aliphatic carbocycles. The third kappa shape index (κ3) is 3.56. The van der Waals surface area contributed by atoms with Crippen LogP contribution in [0.1, 0.15) is 32.6 Å². The summed E-state index contributed by atoms with van der Waals surface area (Å²) in [6, 6.07) is 0. The first-order chi connectivity index (χ1) is 6.83. The maximum absolute atomic E-state index is 5.89. The third-order valence-electron chi connectivity index (χ3n) is 3.01. The average molecular weight is 201 g/mol. The molecule has 0 aromatic heterocycles. The highest BCUT2D eigenvalue weighted by atomic mass is 16.5. The van der Waals surface area contributed by atoms with Gasteiger partial charge in [0.25, 0.3) is 0 Å². The number of unbranched alkanes of at least 4 members (excludes halogenated alkanes) is 1. The standard InChI is InChI=1S/C11H23NO2/c1-3-11(6-4-5-8-13-2)10-12-7-9-14-11/h12H,3-10H2,1-2H3. The lowest BCUT2D eigenvalue weighted by molar-refractivity contribution is -0.0752. The summed E-state index contributed by atoms with van der Waals surface area (Å²) in [6.07, 6.45) is 4.60. The number of hydrogen-bond acceptors (Lipinski definition) is 3. The number of ether oxygens (including phenoxy) is 2. The van der Waals surface area contributed by atoms with Crippen molar-refractivity contribution in [1.29, 1.82) is 0 Å². The van der Waals surface area contributed by atoms with Crippen LogP contribution in [0.15, 0.2) is 0 Å². The molecule has 84 valence electrons. The van der Waals surface area contributed by atoms with Gasteiger partial charge in [0.15, 0.2) is 0 Å². The Hall–Kier alpha value is -0.120. The Bertz CT molecular complexity index is 144. The van der Waals surface area contributed by atoms with E-state index in [2.05, 4.69) is 12.2 Å². The van der Waals surface area contributed by atoms with Crippen LogP contribution >= 0.6 is 0 Å². The Kier molecular flexibility index (Phi) is 5.45. The molecule has 1 atom stereocenters. The van der Waals surface area contributed by atoms with E-state index in [1.807, 2.05) is 0 Å². The van der Waals surface area contributed by atoms with Crippen molar-refractivity contribution in [3.05, 3.63) is 0 Å². The fourth-order valence-corrected chi connectivity index (χ4v) is 1.96. The molecular weight excluding hydrogens is 178 g/mol. The Balaban J connectivity index is 2.22. The topological polar surface area (TPSA) is 30.5 Å². The van der Waals surface area contributed by atoms with Crippen molar-refractivity contribution in [3.63, 3.8) is 0 Å². The second-order valence-corrected chi connectivity index (χ2v) is 4.01. The highest BCUT2D eigenvalue weighted by Gasteiger charge is 2.30. The van der Waals surface area contributed by atoms with Gasteiger partial charge >= 0.3 is 0 Å². The molecule has 0 saturated carbocycles. The van der Waals surface area contributed by atoms with Crippen molar-refractivity contribution in [2.75, 3.05) is 33.4 Å². The van der Waals surface area contributed by atoms with Gasteiger partial charge in [0, 0.05) is 26.8 Å². The van der Waals surface area contributed by atoms with E-state index in [4.69, 9.17) is 9.47 Å². The summed E-state index contributed by atoms with van der Waals surface area (Å²) >= 11 is 0. The van der Waals surface area contributed by atoms with Crippen LogP contribution < -0.4 is 5.32 Å². The molecule has 0 spiro atoms. The van der Waals surface area contributed by atoms with E-state index < -0.39 is 0 Å². The zero-order chi connectivity index (χ0) is 10.3. The van der Waals surface area contributed by atoms with Gasteiger partial charge in [0.2, 0.25) is 0 Å². The van der Waals surface area contributed by atoms with Crippen LogP contribution in [0.25, 0.3) is 0 Å². The second kappa shape index (κ2) is 6.38. The molecule has 0 radical (unpaired) electrons. The van der Waals surface area contributed by atoms with E-state index >= 15 is 0 Å². The molecule has 3 heteroatoms. The predicted molar refractivity (Wildman–Crippen MR) is 57.6 cm³/mol. The van der Waals surface area contributed by atoms with E-state index in [-0.39, 0.29) is 5.60 Å². The number of hydrogen-bond donors (Lipinski definition) is 1. The van der Waals surface area contributed by atoms with E-state index in [0.29, 0.717) is 0 Å². The van der Waals surface area contributed by atoms with Gasteiger partial charge in [-0.15, -0.1) is 0 Å². The quantitative estimate of drug-likeness (QED) is 0.662. The summed E-state index contributed by atoms with van der Waals surface area (Å²) < 4.78 is 10.9. The van der Waals surface area contributed by atoms with Gasteiger partial charge in [-0.25, -0.2) is 0 Å². The van der Waals surface area contributed by atoms with Crippen molar-refractivity contribution in [3.8, 4) is 0 Å². The molecule has 14 heavy (non-hydrogen) atoms. The van der Waals surface area contributed by atoms with Crippen LogP contribution in [0.2, 0.25) is 0 Å². The van der Waals surface area contributed by atoms with Gasteiger partial charge in [-0.1, -0.05) is 6.92 Å². The molecule has 1 heterocycles. The van der Waals surface area contributed by atoms with Crippen molar-refractivity contribution in [1.82, 2.24) is 5.32 Å². The van der Waals surface area contributed by atoms with E-state index in [1.54, 1.807) is 7.11 Å². The lowest BCUT2D eigenvalue weighted by Gasteiger charge is -2.37. The summed E-state index contributed by atoms with van der Waals surface area (Å²) in [6.45, 7) is 5.95. The Morgan fingerprint density at radius 2 is 2.29 bits per heavy atom. The maximum Gasteiger partial charge on any atom is 0.0804 e. The van der Waals surface area contributed by atoms with Crippen LogP contribution in [0.5, 0.6) is 0 Å². The zero-order valence-electron chi connectivity index (χ0n) is 9.47. The predicted octanol–water partition coefficient (Wildman–Crippen LogP) is 1.57. The Morgan fingerprint density at radius 1 is 1.43 bits per heavy atom. The average Bonchev–Trinajstić information content (AvgIpc) is 2.26. The highest BCUT2D eigenvalue weighted by molar-refractivity contribution is 4.84. The normalized spacial score (nSPS) is 27.9. The molecule has 0 bridgehead atoms. The molecule has 0 aromatic rings. The Labute approximate surface area is 87.2 Å². The molecule has 1 N–H and O–H groups in total.